The summed E-state index contributed by atoms with van der Waals surface area (Å²) in [4.78, 5) is 15.1. The van der Waals surface area contributed by atoms with E-state index in [1.807, 2.05) is 18.5 Å². The Bertz CT molecular complexity index is 571. The number of likely N-dealkylation sites (tertiary alicyclic amines) is 1. The fourth-order valence-electron chi connectivity index (χ4n) is 3.71. The van der Waals surface area contributed by atoms with Crippen LogP contribution in [0.5, 0.6) is 0 Å². The van der Waals surface area contributed by atoms with Crippen molar-refractivity contribution in [2.75, 3.05) is 26.2 Å². The molecule has 0 spiro atoms. The number of nitrogens with one attached hydrogen (secondary N) is 1. The van der Waals surface area contributed by atoms with Gasteiger partial charge in [-0.3, -0.25) is 9.48 Å². The van der Waals surface area contributed by atoms with Crippen molar-refractivity contribution in [3.8, 4) is 0 Å². The van der Waals surface area contributed by atoms with E-state index in [1.54, 1.807) is 0 Å². The Morgan fingerprint density at radius 3 is 2.62 bits per heavy atom. The number of carbonyl (C=O) groups is 1. The normalized spacial score (nSPS) is 19.5. The van der Waals surface area contributed by atoms with E-state index in [1.165, 1.54) is 25.9 Å². The summed E-state index contributed by atoms with van der Waals surface area (Å²) in [5.74, 6) is 0.814. The third-order valence-electron chi connectivity index (χ3n) is 4.83. The summed E-state index contributed by atoms with van der Waals surface area (Å²) in [6.07, 6.45) is 3.66. The third-order valence-corrected chi connectivity index (χ3v) is 4.83. The number of hydrogen-bond donors (Lipinski definition) is 1. The predicted molar refractivity (Wildman–Crippen MR) is 98.5 cm³/mol. The molecule has 1 atom stereocenters. The van der Waals surface area contributed by atoms with Crippen molar-refractivity contribution in [3.63, 3.8) is 0 Å². The van der Waals surface area contributed by atoms with E-state index in [9.17, 15) is 4.79 Å². The maximum Gasteiger partial charge on any atom is 0.255 e. The number of hydrogen-bond acceptors (Lipinski definition) is 3. The first-order valence-corrected chi connectivity index (χ1v) is 9.27. The van der Waals surface area contributed by atoms with Gasteiger partial charge in [-0.15, -0.1) is 0 Å². The van der Waals surface area contributed by atoms with E-state index in [2.05, 4.69) is 43.0 Å². The SMILES string of the molecule is Cc1nn(C(C)(C)C)c(C)c1C(=O)NCCCN1CCC[C@H](C)C1. The lowest BCUT2D eigenvalue weighted by atomic mass is 10.0. The number of aromatic nitrogens is 2. The molecule has 5 nitrogen and oxygen atoms in total. The standard InChI is InChI=1S/C19H34N4O/c1-14-9-7-11-22(13-14)12-8-10-20-18(24)17-15(2)21-23(16(17)3)19(4,5)6/h14H,7-13H2,1-6H3,(H,20,24)/t14-/m0/s1. The molecule has 1 N–H and O–H groups in total. The summed E-state index contributed by atoms with van der Waals surface area (Å²) >= 11 is 0. The average Bonchev–Trinajstić information content (AvgIpc) is 2.78. The Kier molecular flexibility index (Phi) is 6.07. The molecule has 0 radical (unpaired) electrons. The molecule has 1 aliphatic rings. The average molecular weight is 335 g/mol. The molecule has 136 valence electrons. The molecule has 1 aliphatic heterocycles. The quantitative estimate of drug-likeness (QED) is 0.842. The molecule has 5 heteroatoms. The molecule has 1 aromatic rings. The van der Waals surface area contributed by atoms with E-state index in [0.29, 0.717) is 0 Å². The van der Waals surface area contributed by atoms with Gasteiger partial charge < -0.3 is 10.2 Å². The number of piperidine rings is 1. The van der Waals surface area contributed by atoms with Crippen molar-refractivity contribution < 1.29 is 4.79 Å². The number of amides is 1. The number of rotatable bonds is 5. The van der Waals surface area contributed by atoms with Crippen LogP contribution in [0.3, 0.4) is 0 Å². The van der Waals surface area contributed by atoms with Crippen molar-refractivity contribution in [3.05, 3.63) is 17.0 Å². The van der Waals surface area contributed by atoms with Gasteiger partial charge in [0.05, 0.1) is 16.8 Å². The van der Waals surface area contributed by atoms with Crippen LogP contribution in [0.15, 0.2) is 0 Å². The van der Waals surface area contributed by atoms with Crippen LogP contribution in [0, 0.1) is 19.8 Å². The molecule has 1 amide bonds. The summed E-state index contributed by atoms with van der Waals surface area (Å²) in [7, 11) is 0. The van der Waals surface area contributed by atoms with Gasteiger partial charge in [-0.1, -0.05) is 6.92 Å². The Balaban J connectivity index is 1.86. The molecule has 0 saturated carbocycles. The summed E-state index contributed by atoms with van der Waals surface area (Å²) in [6, 6.07) is 0. The number of aryl methyl sites for hydroxylation is 1. The van der Waals surface area contributed by atoms with Gasteiger partial charge in [0.15, 0.2) is 0 Å². The van der Waals surface area contributed by atoms with Crippen LogP contribution in [0.2, 0.25) is 0 Å². The highest BCUT2D eigenvalue weighted by molar-refractivity contribution is 5.96. The first-order valence-electron chi connectivity index (χ1n) is 9.27. The molecule has 2 heterocycles. The predicted octanol–water partition coefficient (Wildman–Crippen LogP) is 3.11. The Morgan fingerprint density at radius 1 is 1.33 bits per heavy atom. The van der Waals surface area contributed by atoms with E-state index < -0.39 is 0 Å². The fourth-order valence-corrected chi connectivity index (χ4v) is 3.71. The first kappa shape index (κ1) is 19.0. The lowest BCUT2D eigenvalue weighted by molar-refractivity contribution is 0.0948. The largest absolute Gasteiger partial charge is 0.352 e. The van der Waals surface area contributed by atoms with Crippen LogP contribution in [0.25, 0.3) is 0 Å². The van der Waals surface area contributed by atoms with Crippen LogP contribution in [-0.2, 0) is 5.54 Å². The van der Waals surface area contributed by atoms with E-state index in [-0.39, 0.29) is 11.4 Å². The van der Waals surface area contributed by atoms with Gasteiger partial charge in [0, 0.05) is 18.8 Å². The Labute approximate surface area is 146 Å². The molecule has 0 bridgehead atoms. The van der Waals surface area contributed by atoms with E-state index in [0.717, 1.165) is 42.4 Å². The molecule has 0 aliphatic carbocycles. The van der Waals surface area contributed by atoms with Gasteiger partial charge in [-0.05, 0) is 72.9 Å². The first-order chi connectivity index (χ1) is 11.2. The zero-order chi connectivity index (χ0) is 17.9. The van der Waals surface area contributed by atoms with Crippen LogP contribution in [0.4, 0.5) is 0 Å². The Morgan fingerprint density at radius 2 is 2.04 bits per heavy atom. The van der Waals surface area contributed by atoms with Crippen molar-refractivity contribution in [2.45, 2.75) is 66.3 Å². The van der Waals surface area contributed by atoms with Gasteiger partial charge in [-0.25, -0.2) is 0 Å². The van der Waals surface area contributed by atoms with Gasteiger partial charge in [0.25, 0.3) is 5.91 Å². The van der Waals surface area contributed by atoms with E-state index in [4.69, 9.17) is 0 Å². The minimum absolute atomic E-state index is 0.00696. The zero-order valence-electron chi connectivity index (χ0n) is 16.3. The second kappa shape index (κ2) is 7.68. The minimum Gasteiger partial charge on any atom is -0.352 e. The molecule has 1 aromatic heterocycles. The lowest BCUT2D eigenvalue weighted by Crippen LogP contribution is -2.36. The maximum absolute atomic E-state index is 12.6. The second-order valence-corrected chi connectivity index (χ2v) is 8.29. The van der Waals surface area contributed by atoms with E-state index >= 15 is 0 Å². The van der Waals surface area contributed by atoms with Crippen LogP contribution < -0.4 is 5.32 Å². The Hall–Kier alpha value is -1.36. The summed E-state index contributed by atoms with van der Waals surface area (Å²) < 4.78 is 1.95. The molecule has 2 rings (SSSR count). The highest BCUT2D eigenvalue weighted by atomic mass is 16.1. The maximum atomic E-state index is 12.6. The molecular weight excluding hydrogens is 300 g/mol. The second-order valence-electron chi connectivity index (χ2n) is 8.29. The minimum atomic E-state index is -0.113. The third kappa shape index (κ3) is 4.59. The fraction of sp³-hybridized carbons (Fsp3) is 0.789. The van der Waals surface area contributed by atoms with Crippen LogP contribution in [0.1, 0.15) is 68.7 Å². The molecule has 1 fully saturated rings. The molecular formula is C19H34N4O. The number of nitrogens with zero attached hydrogens (tertiary/aromatic N) is 3. The van der Waals surface area contributed by atoms with Gasteiger partial charge >= 0.3 is 0 Å². The van der Waals surface area contributed by atoms with Crippen LogP contribution >= 0.6 is 0 Å². The highest BCUT2D eigenvalue weighted by Gasteiger charge is 2.24. The van der Waals surface area contributed by atoms with Gasteiger partial charge in [0.1, 0.15) is 0 Å². The summed E-state index contributed by atoms with van der Waals surface area (Å²) in [5, 5.41) is 7.64. The van der Waals surface area contributed by atoms with Gasteiger partial charge in [0.2, 0.25) is 0 Å². The highest BCUT2D eigenvalue weighted by Crippen LogP contribution is 2.21. The summed E-state index contributed by atoms with van der Waals surface area (Å²) in [6.45, 7) is 16.7. The molecule has 0 aromatic carbocycles. The smallest absolute Gasteiger partial charge is 0.255 e. The van der Waals surface area contributed by atoms with Crippen molar-refractivity contribution in [2.24, 2.45) is 5.92 Å². The molecule has 0 unspecified atom stereocenters. The van der Waals surface area contributed by atoms with Crippen molar-refractivity contribution in [1.29, 1.82) is 0 Å². The van der Waals surface area contributed by atoms with Crippen molar-refractivity contribution >= 4 is 5.91 Å². The van der Waals surface area contributed by atoms with Crippen LogP contribution in [-0.4, -0.2) is 46.8 Å². The lowest BCUT2D eigenvalue weighted by Gasteiger charge is -2.30. The van der Waals surface area contributed by atoms with Crippen molar-refractivity contribution in [1.82, 2.24) is 20.0 Å². The zero-order valence-corrected chi connectivity index (χ0v) is 16.3. The topological polar surface area (TPSA) is 50.2 Å². The number of carbonyl (C=O) groups excluding carboxylic acids is 1. The molecule has 24 heavy (non-hydrogen) atoms. The van der Waals surface area contributed by atoms with Gasteiger partial charge in [-0.2, -0.15) is 5.10 Å². The summed E-state index contributed by atoms with van der Waals surface area (Å²) in [5.41, 5.74) is 2.38. The monoisotopic (exact) mass is 334 g/mol. The molecule has 1 saturated heterocycles.